The summed E-state index contributed by atoms with van der Waals surface area (Å²) in [5.74, 6) is 2.76. The molecule has 0 bridgehead atoms. The van der Waals surface area contributed by atoms with Crippen molar-refractivity contribution in [1.82, 2.24) is 10.2 Å². The van der Waals surface area contributed by atoms with E-state index in [1.165, 1.54) is 19.3 Å². The van der Waals surface area contributed by atoms with Crippen LogP contribution in [-0.4, -0.2) is 54.7 Å². The second-order valence-electron chi connectivity index (χ2n) is 8.05. The lowest BCUT2D eigenvalue weighted by Gasteiger charge is -2.64. The summed E-state index contributed by atoms with van der Waals surface area (Å²) in [4.78, 5) is 15.8. The van der Waals surface area contributed by atoms with E-state index < -0.39 is 0 Å². The highest BCUT2D eigenvalue weighted by Crippen LogP contribution is 2.59. The van der Waals surface area contributed by atoms with Crippen LogP contribution in [0.4, 0.5) is 0 Å². The van der Waals surface area contributed by atoms with Crippen LogP contribution in [0.2, 0.25) is 0 Å². The van der Waals surface area contributed by atoms with Crippen LogP contribution in [0, 0.1) is 11.3 Å². The largest absolute Gasteiger partial charge is 0.380 e. The lowest BCUT2D eigenvalue weighted by Crippen LogP contribution is -2.73. The quantitative estimate of drug-likeness (QED) is 0.860. The van der Waals surface area contributed by atoms with E-state index in [1.807, 2.05) is 37.1 Å². The highest BCUT2D eigenvalue weighted by atomic mass is 32.2. The Morgan fingerprint density at radius 2 is 1.96 bits per heavy atom. The van der Waals surface area contributed by atoms with Crippen molar-refractivity contribution in [3.63, 3.8) is 0 Å². The van der Waals surface area contributed by atoms with E-state index in [0.717, 1.165) is 30.2 Å². The first-order chi connectivity index (χ1) is 12.7. The Kier molecular flexibility index (Phi) is 5.31. The van der Waals surface area contributed by atoms with Crippen molar-refractivity contribution in [2.45, 2.75) is 44.4 Å². The van der Waals surface area contributed by atoms with Crippen molar-refractivity contribution < 1.29 is 9.53 Å². The standard InChI is InChI=1S/C21H30N2O2S/c1-15-18(21(9-6-10-21)19(15)25-2)22-20(24)17(16-7-4-3-5-8-16)23-11-13-26-14-12-23/h3-5,7-8,15,17-19H,6,9-14H2,1-2H3,(H,22,24). The molecule has 2 saturated carbocycles. The number of rotatable bonds is 5. The average Bonchev–Trinajstić information content (AvgIpc) is 2.64. The average molecular weight is 375 g/mol. The monoisotopic (exact) mass is 374 g/mol. The third kappa shape index (κ3) is 2.98. The molecule has 0 aromatic heterocycles. The van der Waals surface area contributed by atoms with Gasteiger partial charge in [-0.15, -0.1) is 0 Å². The molecular formula is C21H30N2O2S. The third-order valence-electron chi connectivity index (χ3n) is 6.80. The van der Waals surface area contributed by atoms with Crippen LogP contribution in [-0.2, 0) is 9.53 Å². The Labute approximate surface area is 161 Å². The van der Waals surface area contributed by atoms with E-state index in [1.54, 1.807) is 0 Å². The van der Waals surface area contributed by atoms with Gasteiger partial charge in [0.25, 0.3) is 0 Å². The van der Waals surface area contributed by atoms with Gasteiger partial charge in [0, 0.05) is 49.1 Å². The minimum absolute atomic E-state index is 0.167. The molecule has 3 fully saturated rings. The lowest BCUT2D eigenvalue weighted by atomic mass is 9.46. The van der Waals surface area contributed by atoms with Gasteiger partial charge in [0.05, 0.1) is 6.10 Å². The maximum Gasteiger partial charge on any atom is 0.242 e. The number of amides is 1. The van der Waals surface area contributed by atoms with Gasteiger partial charge in [-0.05, 0) is 18.4 Å². The fourth-order valence-corrected chi connectivity index (χ4v) is 6.35. The van der Waals surface area contributed by atoms with Crippen LogP contribution in [0.1, 0.15) is 37.8 Å². The first kappa shape index (κ1) is 18.3. The normalized spacial score (nSPS) is 31.7. The van der Waals surface area contributed by atoms with E-state index in [2.05, 4.69) is 29.3 Å². The minimum Gasteiger partial charge on any atom is -0.380 e. The summed E-state index contributed by atoms with van der Waals surface area (Å²) in [7, 11) is 1.82. The molecule has 1 saturated heterocycles. The molecule has 1 aromatic rings. The van der Waals surface area contributed by atoms with Crippen molar-refractivity contribution >= 4 is 17.7 Å². The Balaban J connectivity index is 1.53. The van der Waals surface area contributed by atoms with Crippen LogP contribution < -0.4 is 5.32 Å². The number of carbonyl (C=O) groups is 1. The zero-order chi connectivity index (χ0) is 18.1. The number of nitrogens with one attached hydrogen (secondary N) is 1. The maximum absolute atomic E-state index is 13.4. The van der Waals surface area contributed by atoms with Crippen LogP contribution in [0.15, 0.2) is 30.3 Å². The molecule has 1 N–H and O–H groups in total. The van der Waals surface area contributed by atoms with E-state index in [-0.39, 0.29) is 23.4 Å². The molecule has 4 rings (SSSR count). The molecule has 4 nitrogen and oxygen atoms in total. The number of hydrogen-bond acceptors (Lipinski definition) is 4. The van der Waals surface area contributed by atoms with Gasteiger partial charge < -0.3 is 10.1 Å². The molecular weight excluding hydrogens is 344 g/mol. The van der Waals surface area contributed by atoms with Gasteiger partial charge in [-0.2, -0.15) is 11.8 Å². The van der Waals surface area contributed by atoms with Crippen LogP contribution >= 0.6 is 11.8 Å². The number of benzene rings is 1. The van der Waals surface area contributed by atoms with Crippen LogP contribution in [0.25, 0.3) is 0 Å². The van der Waals surface area contributed by atoms with E-state index in [4.69, 9.17) is 4.74 Å². The highest BCUT2D eigenvalue weighted by molar-refractivity contribution is 7.99. The SMILES string of the molecule is COC1C(C)C(NC(=O)C(c2ccccc2)N2CCSCC2)C12CCC2. The molecule has 1 amide bonds. The van der Waals surface area contributed by atoms with Crippen molar-refractivity contribution in [1.29, 1.82) is 0 Å². The van der Waals surface area contributed by atoms with E-state index in [0.29, 0.717) is 12.0 Å². The molecule has 0 radical (unpaired) electrons. The Hall–Kier alpha value is -1.04. The van der Waals surface area contributed by atoms with Crippen LogP contribution in [0.5, 0.6) is 0 Å². The summed E-state index contributed by atoms with van der Waals surface area (Å²) in [5.41, 5.74) is 1.29. The fraction of sp³-hybridized carbons (Fsp3) is 0.667. The lowest BCUT2D eigenvalue weighted by molar-refractivity contribution is -0.203. The van der Waals surface area contributed by atoms with Gasteiger partial charge in [0.2, 0.25) is 5.91 Å². The molecule has 2 aliphatic carbocycles. The van der Waals surface area contributed by atoms with Gasteiger partial charge in [-0.25, -0.2) is 0 Å². The van der Waals surface area contributed by atoms with Crippen LogP contribution in [0.3, 0.4) is 0 Å². The molecule has 4 atom stereocenters. The zero-order valence-electron chi connectivity index (χ0n) is 15.8. The summed E-state index contributed by atoms with van der Waals surface area (Å²) >= 11 is 1.98. The minimum atomic E-state index is -0.178. The van der Waals surface area contributed by atoms with Crippen molar-refractivity contribution in [3.8, 4) is 0 Å². The van der Waals surface area contributed by atoms with Gasteiger partial charge in [-0.3, -0.25) is 9.69 Å². The number of ether oxygens (including phenoxy) is 1. The summed E-state index contributed by atoms with van der Waals surface area (Å²) in [6, 6.07) is 10.3. The van der Waals surface area contributed by atoms with E-state index >= 15 is 0 Å². The van der Waals surface area contributed by atoms with E-state index in [9.17, 15) is 4.79 Å². The molecule has 1 spiro atoms. The van der Waals surface area contributed by atoms with Crippen molar-refractivity contribution in [2.24, 2.45) is 11.3 Å². The molecule has 1 aromatic carbocycles. The summed E-state index contributed by atoms with van der Waals surface area (Å²) in [6.07, 6.45) is 3.90. The maximum atomic E-state index is 13.4. The van der Waals surface area contributed by atoms with Gasteiger partial charge in [0.1, 0.15) is 6.04 Å². The summed E-state index contributed by atoms with van der Waals surface area (Å²) in [5, 5.41) is 3.45. The Morgan fingerprint density at radius 1 is 1.27 bits per heavy atom. The molecule has 142 valence electrons. The molecule has 1 heterocycles. The highest BCUT2D eigenvalue weighted by Gasteiger charge is 2.63. The van der Waals surface area contributed by atoms with Gasteiger partial charge in [0.15, 0.2) is 0 Å². The first-order valence-corrected chi connectivity index (χ1v) is 11.0. The number of methoxy groups -OCH3 is 1. The fourth-order valence-electron chi connectivity index (χ4n) is 5.42. The molecule has 5 heteroatoms. The smallest absolute Gasteiger partial charge is 0.242 e. The first-order valence-electron chi connectivity index (χ1n) is 9.87. The topological polar surface area (TPSA) is 41.6 Å². The predicted molar refractivity (Wildman–Crippen MR) is 106 cm³/mol. The molecule has 26 heavy (non-hydrogen) atoms. The van der Waals surface area contributed by atoms with Gasteiger partial charge in [-0.1, -0.05) is 43.7 Å². The predicted octanol–water partition coefficient (Wildman–Crippen LogP) is 3.10. The summed E-state index contributed by atoms with van der Waals surface area (Å²) < 4.78 is 5.76. The Morgan fingerprint density at radius 3 is 2.54 bits per heavy atom. The zero-order valence-corrected chi connectivity index (χ0v) is 16.6. The third-order valence-corrected chi connectivity index (χ3v) is 7.74. The molecule has 4 unspecified atom stereocenters. The number of nitrogens with zero attached hydrogens (tertiary/aromatic N) is 1. The second-order valence-corrected chi connectivity index (χ2v) is 9.27. The van der Waals surface area contributed by atoms with Crippen molar-refractivity contribution in [3.05, 3.63) is 35.9 Å². The Bertz CT molecular complexity index is 628. The second kappa shape index (κ2) is 7.53. The molecule has 1 aliphatic heterocycles. The molecule has 3 aliphatic rings. The van der Waals surface area contributed by atoms with Gasteiger partial charge >= 0.3 is 0 Å². The number of carbonyl (C=O) groups excluding carboxylic acids is 1. The number of thioether (sulfide) groups is 1. The number of hydrogen-bond donors (Lipinski definition) is 1. The summed E-state index contributed by atoms with van der Waals surface area (Å²) in [6.45, 7) is 4.17. The van der Waals surface area contributed by atoms with Crippen molar-refractivity contribution in [2.75, 3.05) is 31.7 Å².